The molecule has 1 aromatic carbocycles. The van der Waals surface area contributed by atoms with Crippen molar-refractivity contribution in [3.63, 3.8) is 0 Å². The Bertz CT molecular complexity index is 455. The number of hydrogen-bond acceptors (Lipinski definition) is 3. The first-order valence-corrected chi connectivity index (χ1v) is 6.51. The van der Waals surface area contributed by atoms with Gasteiger partial charge in [-0.2, -0.15) is 0 Å². The number of rotatable bonds is 5. The van der Waals surface area contributed by atoms with Gasteiger partial charge in [0.1, 0.15) is 5.75 Å². The number of benzene rings is 1. The highest BCUT2D eigenvalue weighted by Gasteiger charge is 2.30. The molecule has 0 bridgehead atoms. The third-order valence-electron chi connectivity index (χ3n) is 3.48. The second-order valence-electron chi connectivity index (χ2n) is 5.10. The van der Waals surface area contributed by atoms with Gasteiger partial charge < -0.3 is 15.0 Å². The second-order valence-corrected chi connectivity index (χ2v) is 5.10. The average Bonchev–Trinajstić information content (AvgIpc) is 2.44. The lowest BCUT2D eigenvalue weighted by Gasteiger charge is -2.30. The van der Waals surface area contributed by atoms with Crippen LogP contribution in [0.4, 0.5) is 5.69 Å². The molecule has 0 heterocycles. The van der Waals surface area contributed by atoms with Crippen LogP contribution in [0.5, 0.6) is 5.75 Å². The topological polar surface area (TPSA) is 41.6 Å². The molecule has 1 amide bonds. The molecule has 106 valence electrons. The number of ether oxygens (including phenoxy) is 1. The molecule has 1 aromatic rings. The van der Waals surface area contributed by atoms with Crippen LogP contribution in [-0.2, 0) is 11.2 Å². The Morgan fingerprint density at radius 2 is 2.05 bits per heavy atom. The maximum Gasteiger partial charge on any atom is 0.246 e. The van der Waals surface area contributed by atoms with Gasteiger partial charge in [-0.05, 0) is 45.0 Å². The van der Waals surface area contributed by atoms with Crippen LogP contribution in [-0.4, -0.2) is 32.7 Å². The Balaban J connectivity index is 3.17. The van der Waals surface area contributed by atoms with E-state index in [1.54, 1.807) is 26.1 Å². The fourth-order valence-corrected chi connectivity index (χ4v) is 1.85. The van der Waals surface area contributed by atoms with Crippen LogP contribution in [0, 0.1) is 0 Å². The van der Waals surface area contributed by atoms with Crippen LogP contribution in [0.3, 0.4) is 0 Å². The number of carbonyl (C=O) groups is 1. The van der Waals surface area contributed by atoms with Crippen LogP contribution < -0.4 is 15.0 Å². The SMILES string of the molecule is CCc1ccc(OC)c(N(C)C(=O)C(C)(C)NC)c1. The number of anilines is 1. The van der Waals surface area contributed by atoms with Gasteiger partial charge in [0.2, 0.25) is 5.91 Å². The van der Waals surface area contributed by atoms with Gasteiger partial charge in [-0.15, -0.1) is 0 Å². The van der Waals surface area contributed by atoms with Crippen molar-refractivity contribution in [3.05, 3.63) is 23.8 Å². The Morgan fingerprint density at radius 1 is 1.42 bits per heavy atom. The first-order chi connectivity index (χ1) is 8.87. The van der Waals surface area contributed by atoms with Gasteiger partial charge in [0.25, 0.3) is 0 Å². The fraction of sp³-hybridized carbons (Fsp3) is 0.533. The average molecular weight is 264 g/mol. The zero-order chi connectivity index (χ0) is 14.6. The third kappa shape index (κ3) is 3.26. The molecule has 0 aliphatic rings. The highest BCUT2D eigenvalue weighted by atomic mass is 16.5. The number of hydrogen-bond donors (Lipinski definition) is 1. The third-order valence-corrected chi connectivity index (χ3v) is 3.48. The molecule has 0 aliphatic heterocycles. The number of likely N-dealkylation sites (N-methyl/N-ethyl adjacent to an activating group) is 2. The van der Waals surface area contributed by atoms with Gasteiger partial charge in [-0.1, -0.05) is 13.0 Å². The van der Waals surface area contributed by atoms with Crippen molar-refractivity contribution >= 4 is 11.6 Å². The first kappa shape index (κ1) is 15.5. The van der Waals surface area contributed by atoms with E-state index in [1.807, 2.05) is 32.0 Å². The molecule has 0 saturated heterocycles. The van der Waals surface area contributed by atoms with E-state index in [0.29, 0.717) is 5.75 Å². The maximum atomic E-state index is 12.5. The van der Waals surface area contributed by atoms with E-state index in [-0.39, 0.29) is 5.91 Å². The molecule has 0 radical (unpaired) electrons. The Kier molecular flexibility index (Phi) is 4.95. The zero-order valence-corrected chi connectivity index (χ0v) is 12.7. The van der Waals surface area contributed by atoms with Crippen molar-refractivity contribution in [1.82, 2.24) is 5.32 Å². The van der Waals surface area contributed by atoms with Gasteiger partial charge in [0, 0.05) is 7.05 Å². The lowest BCUT2D eigenvalue weighted by molar-refractivity contribution is -0.123. The van der Waals surface area contributed by atoms with Gasteiger partial charge >= 0.3 is 0 Å². The van der Waals surface area contributed by atoms with E-state index in [2.05, 4.69) is 12.2 Å². The standard InChI is InChI=1S/C15H24N2O2/c1-7-11-8-9-13(19-6)12(10-11)17(5)14(18)15(2,3)16-4/h8-10,16H,7H2,1-6H3. The number of carbonyl (C=O) groups excluding carboxylic acids is 1. The van der Waals surface area contributed by atoms with Crippen molar-refractivity contribution in [1.29, 1.82) is 0 Å². The van der Waals surface area contributed by atoms with E-state index < -0.39 is 5.54 Å². The van der Waals surface area contributed by atoms with Gasteiger partial charge in [0.15, 0.2) is 0 Å². The minimum Gasteiger partial charge on any atom is -0.495 e. The summed E-state index contributed by atoms with van der Waals surface area (Å²) in [5.74, 6) is 0.710. The smallest absolute Gasteiger partial charge is 0.246 e. The predicted molar refractivity (Wildman–Crippen MR) is 78.9 cm³/mol. The van der Waals surface area contributed by atoms with Crippen LogP contribution in [0.25, 0.3) is 0 Å². The van der Waals surface area contributed by atoms with Crippen molar-refractivity contribution in [2.24, 2.45) is 0 Å². The molecule has 19 heavy (non-hydrogen) atoms. The first-order valence-electron chi connectivity index (χ1n) is 6.51. The number of amides is 1. The van der Waals surface area contributed by atoms with E-state index in [0.717, 1.165) is 12.1 Å². The summed E-state index contributed by atoms with van der Waals surface area (Å²) in [7, 11) is 5.18. The monoisotopic (exact) mass is 264 g/mol. The summed E-state index contributed by atoms with van der Waals surface area (Å²) < 4.78 is 5.35. The molecule has 0 unspecified atom stereocenters. The molecule has 0 aliphatic carbocycles. The summed E-state index contributed by atoms with van der Waals surface area (Å²) in [6.45, 7) is 5.81. The largest absolute Gasteiger partial charge is 0.495 e. The Morgan fingerprint density at radius 3 is 2.53 bits per heavy atom. The number of nitrogens with zero attached hydrogens (tertiary/aromatic N) is 1. The molecule has 4 nitrogen and oxygen atoms in total. The Hall–Kier alpha value is -1.55. The van der Waals surface area contributed by atoms with Crippen LogP contribution >= 0.6 is 0 Å². The van der Waals surface area contributed by atoms with Crippen LogP contribution in [0.15, 0.2) is 18.2 Å². The van der Waals surface area contributed by atoms with Crippen molar-refractivity contribution in [2.75, 3.05) is 26.1 Å². The van der Waals surface area contributed by atoms with Crippen LogP contribution in [0.1, 0.15) is 26.3 Å². The van der Waals surface area contributed by atoms with E-state index in [4.69, 9.17) is 4.74 Å². The normalized spacial score (nSPS) is 11.3. The molecule has 0 saturated carbocycles. The van der Waals surface area contributed by atoms with E-state index in [9.17, 15) is 4.79 Å². The predicted octanol–water partition coefficient (Wildman–Crippen LogP) is 2.22. The van der Waals surface area contributed by atoms with Gasteiger partial charge in [-0.3, -0.25) is 4.79 Å². The second kappa shape index (κ2) is 6.06. The lowest BCUT2D eigenvalue weighted by Crippen LogP contribution is -2.51. The summed E-state index contributed by atoms with van der Waals surface area (Å²) in [6.07, 6.45) is 0.925. The molecular weight excluding hydrogens is 240 g/mol. The summed E-state index contributed by atoms with van der Waals surface area (Å²) in [6, 6.07) is 5.93. The highest BCUT2D eigenvalue weighted by Crippen LogP contribution is 2.30. The minimum absolute atomic E-state index is 0.00144. The maximum absolute atomic E-state index is 12.5. The van der Waals surface area contributed by atoms with Crippen molar-refractivity contribution in [3.8, 4) is 5.75 Å². The molecular formula is C15H24N2O2. The minimum atomic E-state index is -0.609. The summed E-state index contributed by atoms with van der Waals surface area (Å²) in [5.41, 5.74) is 1.37. The van der Waals surface area contributed by atoms with Crippen molar-refractivity contribution in [2.45, 2.75) is 32.7 Å². The quantitative estimate of drug-likeness (QED) is 0.886. The van der Waals surface area contributed by atoms with E-state index >= 15 is 0 Å². The zero-order valence-electron chi connectivity index (χ0n) is 12.7. The highest BCUT2D eigenvalue weighted by molar-refractivity contribution is 6.00. The summed E-state index contributed by atoms with van der Waals surface area (Å²) in [4.78, 5) is 14.1. The number of aryl methyl sites for hydroxylation is 1. The number of methoxy groups -OCH3 is 1. The molecule has 4 heteroatoms. The molecule has 1 rings (SSSR count). The van der Waals surface area contributed by atoms with Gasteiger partial charge in [0.05, 0.1) is 18.3 Å². The summed E-state index contributed by atoms with van der Waals surface area (Å²) in [5, 5.41) is 3.03. The summed E-state index contributed by atoms with van der Waals surface area (Å²) >= 11 is 0. The molecule has 0 spiro atoms. The van der Waals surface area contributed by atoms with Crippen molar-refractivity contribution < 1.29 is 9.53 Å². The molecule has 0 atom stereocenters. The Labute approximate surface area is 115 Å². The number of nitrogens with one attached hydrogen (secondary N) is 1. The van der Waals surface area contributed by atoms with Crippen LogP contribution in [0.2, 0.25) is 0 Å². The molecule has 0 aromatic heterocycles. The fourth-order valence-electron chi connectivity index (χ4n) is 1.85. The molecule has 0 fully saturated rings. The molecule has 1 N–H and O–H groups in total. The lowest BCUT2D eigenvalue weighted by atomic mass is 10.0. The van der Waals surface area contributed by atoms with Gasteiger partial charge in [-0.25, -0.2) is 0 Å². The van der Waals surface area contributed by atoms with E-state index in [1.165, 1.54) is 5.56 Å².